The molecule has 206 valence electrons. The van der Waals surface area contributed by atoms with E-state index in [0.717, 1.165) is 21.8 Å². The smallest absolute Gasteiger partial charge is 0.326 e. The van der Waals surface area contributed by atoms with Gasteiger partial charge in [0.2, 0.25) is 10.0 Å². The van der Waals surface area contributed by atoms with E-state index in [1.807, 2.05) is 30.3 Å². The van der Waals surface area contributed by atoms with Crippen molar-refractivity contribution in [1.82, 2.24) is 9.21 Å². The van der Waals surface area contributed by atoms with Crippen LogP contribution < -0.4 is 9.47 Å². The Labute approximate surface area is 237 Å². The lowest BCUT2D eigenvalue weighted by Gasteiger charge is -2.47. The second kappa shape index (κ2) is 11.8. The molecule has 2 atom stereocenters. The number of nitrogens with zero attached hydrogens (tertiary/aromatic N) is 2. The second-order valence-electron chi connectivity index (χ2n) is 8.86. The highest BCUT2D eigenvalue weighted by atomic mass is 35.5. The van der Waals surface area contributed by atoms with Crippen molar-refractivity contribution in [3.8, 4) is 22.6 Å². The average molecular weight is 593 g/mol. The fourth-order valence-corrected chi connectivity index (χ4v) is 6.97. The highest BCUT2D eigenvalue weighted by Gasteiger charge is 2.44. The fourth-order valence-electron chi connectivity index (χ4n) is 4.61. The van der Waals surface area contributed by atoms with Gasteiger partial charge in [-0.25, -0.2) is 13.2 Å². The molecule has 1 aliphatic heterocycles. The summed E-state index contributed by atoms with van der Waals surface area (Å²) < 4.78 is 38.8. The Hall–Kier alpha value is -3.31. The van der Waals surface area contributed by atoms with Crippen molar-refractivity contribution in [3.63, 3.8) is 0 Å². The molecule has 1 heterocycles. The van der Waals surface area contributed by atoms with Crippen molar-refractivity contribution in [1.29, 1.82) is 5.41 Å². The summed E-state index contributed by atoms with van der Waals surface area (Å²) in [7, 11) is -0.890. The molecule has 4 rings (SSSR count). The predicted octanol–water partition coefficient (Wildman–Crippen LogP) is 5.00. The number of carbonyl (C=O) groups is 1. The van der Waals surface area contributed by atoms with Gasteiger partial charge in [0.1, 0.15) is 17.5 Å². The van der Waals surface area contributed by atoms with Crippen LogP contribution in [0.5, 0.6) is 11.5 Å². The van der Waals surface area contributed by atoms with Crippen LogP contribution in [0.3, 0.4) is 0 Å². The normalized spacial score (nSPS) is 16.2. The maximum absolute atomic E-state index is 13.3. The number of sulfonamides is 1. The molecule has 2 N–H and O–H groups in total. The maximum Gasteiger partial charge on any atom is 0.326 e. The first-order valence-corrected chi connectivity index (χ1v) is 14.1. The number of methoxy groups -OCH3 is 2. The van der Waals surface area contributed by atoms with E-state index in [9.17, 15) is 18.3 Å². The Bertz CT molecular complexity index is 1440. The topological polar surface area (TPSA) is 120 Å². The van der Waals surface area contributed by atoms with Crippen LogP contribution in [-0.4, -0.2) is 68.0 Å². The number of hydrogen-bond donors (Lipinski definition) is 2. The lowest BCUT2D eigenvalue weighted by Crippen LogP contribution is -2.63. The van der Waals surface area contributed by atoms with Crippen molar-refractivity contribution in [3.05, 3.63) is 76.3 Å². The van der Waals surface area contributed by atoms with Gasteiger partial charge in [-0.05, 0) is 47.9 Å². The molecule has 1 fully saturated rings. The molecular formula is C27H27Cl2N3O6S. The number of carboxylic acid groups (broad SMARTS) is 1. The number of benzene rings is 3. The summed E-state index contributed by atoms with van der Waals surface area (Å²) in [6.45, 7) is 0.170. The molecule has 3 aromatic carbocycles. The first-order chi connectivity index (χ1) is 18.6. The molecule has 0 aliphatic carbocycles. The zero-order chi connectivity index (χ0) is 28.3. The van der Waals surface area contributed by atoms with Gasteiger partial charge in [0.25, 0.3) is 0 Å². The SMILES string of the molecule is COc1cccc(OC)c1-c1ccc(C[C@@H](C(=O)O)N(C=N)C2CCN2S(=O)(=O)c2cc(Cl)cc(Cl)c2)cc1. The lowest BCUT2D eigenvalue weighted by atomic mass is 9.98. The number of nitrogens with one attached hydrogen (secondary N) is 1. The third-order valence-corrected chi connectivity index (χ3v) is 8.93. The van der Waals surface area contributed by atoms with Crippen LogP contribution >= 0.6 is 23.2 Å². The van der Waals surface area contributed by atoms with E-state index >= 15 is 0 Å². The number of rotatable bonds is 11. The van der Waals surface area contributed by atoms with Gasteiger partial charge in [0.05, 0.1) is 37.2 Å². The number of halogens is 2. The largest absolute Gasteiger partial charge is 0.496 e. The standard InChI is InChI=1S/C27H27Cl2N3O6S/c1-37-23-4-3-5-24(38-2)26(23)18-8-6-17(7-9-18)12-22(27(33)34)31(16-30)25-10-11-32(25)39(35,36)21-14-19(28)13-20(29)15-21/h3-9,13-16,22,25,30H,10-12H2,1-2H3,(H,33,34)/t22-,25?/m0/s1. The van der Waals surface area contributed by atoms with Crippen LogP contribution in [0.4, 0.5) is 0 Å². The van der Waals surface area contributed by atoms with Crippen LogP contribution in [0, 0.1) is 5.41 Å². The van der Waals surface area contributed by atoms with E-state index in [-0.39, 0.29) is 27.9 Å². The quantitative estimate of drug-likeness (QED) is 0.238. The van der Waals surface area contributed by atoms with Crippen molar-refractivity contribution >= 4 is 45.5 Å². The summed E-state index contributed by atoms with van der Waals surface area (Å²) in [4.78, 5) is 13.5. The van der Waals surface area contributed by atoms with Gasteiger partial charge in [-0.2, -0.15) is 4.31 Å². The van der Waals surface area contributed by atoms with E-state index in [1.54, 1.807) is 26.4 Å². The van der Waals surface area contributed by atoms with Gasteiger partial charge in [-0.15, -0.1) is 0 Å². The Balaban J connectivity index is 1.58. The van der Waals surface area contributed by atoms with Crippen LogP contribution in [0.25, 0.3) is 11.1 Å². The molecule has 0 amide bonds. The maximum atomic E-state index is 13.3. The van der Waals surface area contributed by atoms with Gasteiger partial charge in [-0.3, -0.25) is 5.41 Å². The molecule has 0 spiro atoms. The van der Waals surface area contributed by atoms with E-state index in [2.05, 4.69) is 0 Å². The molecular weight excluding hydrogens is 565 g/mol. The fraction of sp³-hybridized carbons (Fsp3) is 0.259. The number of ether oxygens (including phenoxy) is 2. The van der Waals surface area contributed by atoms with Crippen LogP contribution in [0.15, 0.2) is 65.6 Å². The Morgan fingerprint density at radius 2 is 1.69 bits per heavy atom. The summed E-state index contributed by atoms with van der Waals surface area (Å²) in [6.07, 6.45) is 0.439. The highest BCUT2D eigenvalue weighted by molar-refractivity contribution is 7.89. The molecule has 39 heavy (non-hydrogen) atoms. The molecule has 0 saturated carbocycles. The monoisotopic (exact) mass is 591 g/mol. The number of aliphatic carboxylic acids is 1. The van der Waals surface area contributed by atoms with Crippen LogP contribution in [0.1, 0.15) is 12.0 Å². The molecule has 9 nitrogen and oxygen atoms in total. The van der Waals surface area contributed by atoms with E-state index in [1.165, 1.54) is 23.1 Å². The summed E-state index contributed by atoms with van der Waals surface area (Å²) >= 11 is 12.0. The lowest BCUT2D eigenvalue weighted by molar-refractivity contribution is -0.144. The summed E-state index contributed by atoms with van der Waals surface area (Å²) in [5.41, 5.74) is 2.28. The highest BCUT2D eigenvalue weighted by Crippen LogP contribution is 2.38. The molecule has 0 radical (unpaired) electrons. The van der Waals surface area contributed by atoms with E-state index in [0.29, 0.717) is 23.5 Å². The molecule has 0 bridgehead atoms. The molecule has 0 aromatic heterocycles. The molecule has 1 saturated heterocycles. The number of carboxylic acids is 1. The van der Waals surface area contributed by atoms with Gasteiger partial charge < -0.3 is 19.5 Å². The summed E-state index contributed by atoms with van der Waals surface area (Å²) in [6, 6.07) is 15.6. The first-order valence-electron chi connectivity index (χ1n) is 11.9. The van der Waals surface area contributed by atoms with Crippen LogP contribution in [-0.2, 0) is 21.2 Å². The minimum atomic E-state index is -4.03. The first kappa shape index (κ1) is 28.7. The van der Waals surface area contributed by atoms with Gasteiger partial charge >= 0.3 is 5.97 Å². The van der Waals surface area contributed by atoms with Gasteiger partial charge in [0.15, 0.2) is 0 Å². The third kappa shape index (κ3) is 5.84. The van der Waals surface area contributed by atoms with Crippen LogP contribution in [0.2, 0.25) is 10.0 Å². The minimum absolute atomic E-state index is 0.0431. The Morgan fingerprint density at radius 1 is 1.10 bits per heavy atom. The van der Waals surface area contributed by atoms with Gasteiger partial charge in [0, 0.05) is 23.0 Å². The summed E-state index contributed by atoms with van der Waals surface area (Å²) in [5.74, 6) is 0.0876. The molecule has 1 aliphatic rings. The predicted molar refractivity (Wildman–Crippen MR) is 149 cm³/mol. The zero-order valence-corrected chi connectivity index (χ0v) is 23.5. The summed E-state index contributed by atoms with van der Waals surface area (Å²) in [5, 5.41) is 18.4. The minimum Gasteiger partial charge on any atom is -0.496 e. The number of hydrogen-bond acceptors (Lipinski definition) is 6. The Kier molecular flexibility index (Phi) is 8.70. The van der Waals surface area contributed by atoms with Crippen molar-refractivity contribution in [2.45, 2.75) is 29.9 Å². The third-order valence-electron chi connectivity index (χ3n) is 6.62. The Morgan fingerprint density at radius 3 is 2.15 bits per heavy atom. The molecule has 1 unspecified atom stereocenters. The molecule has 3 aromatic rings. The average Bonchev–Trinajstić information content (AvgIpc) is 2.88. The second-order valence-corrected chi connectivity index (χ2v) is 11.6. The molecule has 12 heteroatoms. The van der Waals surface area contributed by atoms with E-state index < -0.39 is 28.2 Å². The van der Waals surface area contributed by atoms with Crippen molar-refractivity contribution in [2.75, 3.05) is 20.8 Å². The van der Waals surface area contributed by atoms with Crippen molar-refractivity contribution in [2.24, 2.45) is 0 Å². The van der Waals surface area contributed by atoms with Gasteiger partial charge in [-0.1, -0.05) is 53.5 Å². The zero-order valence-electron chi connectivity index (χ0n) is 21.2. The van der Waals surface area contributed by atoms with Crippen molar-refractivity contribution < 1.29 is 27.8 Å². The van der Waals surface area contributed by atoms with E-state index in [4.69, 9.17) is 38.1 Å².